The summed E-state index contributed by atoms with van der Waals surface area (Å²) in [7, 11) is 1.54. The van der Waals surface area contributed by atoms with E-state index in [4.69, 9.17) is 21.7 Å². The summed E-state index contributed by atoms with van der Waals surface area (Å²) in [5.41, 5.74) is 1.90. The number of amides is 1. The number of hydrogen-bond acceptors (Lipinski definition) is 4. The minimum Gasteiger partial charge on any atom is -0.493 e. The molecule has 2 aromatic rings. The van der Waals surface area contributed by atoms with Crippen LogP contribution in [0.3, 0.4) is 0 Å². The first-order valence-corrected chi connectivity index (χ1v) is 8.82. The van der Waals surface area contributed by atoms with Crippen LogP contribution in [0.25, 0.3) is 6.08 Å². The molecule has 0 atom stereocenters. The van der Waals surface area contributed by atoms with Gasteiger partial charge in [0.05, 0.1) is 7.11 Å². The number of carbonyl (C=O) groups excluding carboxylic acids is 1. The number of hydrogen-bond donors (Lipinski definition) is 1. The van der Waals surface area contributed by atoms with Crippen LogP contribution in [-0.4, -0.2) is 29.6 Å². The molecule has 0 spiro atoms. The predicted molar refractivity (Wildman–Crippen MR) is 105 cm³/mol. The molecule has 1 amide bonds. The van der Waals surface area contributed by atoms with Crippen molar-refractivity contribution in [2.45, 2.75) is 13.5 Å². The Morgan fingerprint density at radius 3 is 2.70 bits per heavy atom. The molecule has 1 aliphatic rings. The van der Waals surface area contributed by atoms with Crippen molar-refractivity contribution in [2.24, 2.45) is 0 Å². The Bertz CT molecular complexity index is 914. The van der Waals surface area contributed by atoms with Crippen molar-refractivity contribution >= 4 is 29.3 Å². The molecule has 0 aliphatic carbocycles. The van der Waals surface area contributed by atoms with Crippen molar-refractivity contribution in [2.75, 3.05) is 13.7 Å². The normalized spacial score (nSPS) is 15.2. The topological polar surface area (TPSA) is 50.8 Å². The zero-order valence-electron chi connectivity index (χ0n) is 15.0. The number of ether oxygens (including phenoxy) is 2. The summed E-state index contributed by atoms with van der Waals surface area (Å²) in [4.78, 5) is 13.8. The summed E-state index contributed by atoms with van der Waals surface area (Å²) in [6, 6.07) is 11.6. The Hall–Kier alpha value is -2.93. The Morgan fingerprint density at radius 1 is 1.22 bits per heavy atom. The molecule has 2 aromatic carbocycles. The monoisotopic (exact) mass is 386 g/mol. The molecule has 3 rings (SSSR count). The molecule has 5 nitrogen and oxygen atoms in total. The van der Waals surface area contributed by atoms with Crippen LogP contribution in [0.2, 0.25) is 0 Å². The van der Waals surface area contributed by atoms with E-state index in [9.17, 15) is 9.18 Å². The van der Waals surface area contributed by atoms with E-state index in [0.717, 1.165) is 11.1 Å². The van der Waals surface area contributed by atoms with Gasteiger partial charge in [-0.25, -0.2) is 4.39 Å². The largest absolute Gasteiger partial charge is 0.493 e. The van der Waals surface area contributed by atoms with E-state index in [1.807, 2.05) is 13.0 Å². The maximum atomic E-state index is 13.3. The van der Waals surface area contributed by atoms with Crippen LogP contribution in [0.5, 0.6) is 11.5 Å². The third kappa shape index (κ3) is 4.25. The second-order valence-corrected chi connectivity index (χ2v) is 6.25. The molecule has 1 N–H and O–H groups in total. The van der Waals surface area contributed by atoms with Gasteiger partial charge in [0.15, 0.2) is 16.6 Å². The summed E-state index contributed by atoms with van der Waals surface area (Å²) in [5, 5.41) is 3.32. The number of rotatable bonds is 6. The Labute approximate surface area is 162 Å². The van der Waals surface area contributed by atoms with Gasteiger partial charge >= 0.3 is 0 Å². The number of nitrogens with zero attached hydrogens (tertiary/aromatic N) is 1. The van der Waals surface area contributed by atoms with Crippen molar-refractivity contribution in [3.63, 3.8) is 0 Å². The van der Waals surface area contributed by atoms with E-state index in [1.54, 1.807) is 30.3 Å². The maximum Gasteiger partial charge on any atom is 0.276 e. The Morgan fingerprint density at radius 2 is 2.04 bits per heavy atom. The number of benzene rings is 2. The number of methoxy groups -OCH3 is 1. The second kappa shape index (κ2) is 8.18. The van der Waals surface area contributed by atoms with Gasteiger partial charge in [0.2, 0.25) is 0 Å². The van der Waals surface area contributed by atoms with Gasteiger partial charge in [-0.05, 0) is 60.6 Å². The molecule has 0 aromatic heterocycles. The average Bonchev–Trinajstić information content (AvgIpc) is 2.93. The fourth-order valence-corrected chi connectivity index (χ4v) is 3.03. The molecule has 0 unspecified atom stereocenters. The molecule has 0 radical (unpaired) electrons. The summed E-state index contributed by atoms with van der Waals surface area (Å²) >= 11 is 5.15. The smallest absolute Gasteiger partial charge is 0.276 e. The Kier molecular flexibility index (Phi) is 5.71. The van der Waals surface area contributed by atoms with E-state index in [1.165, 1.54) is 24.1 Å². The highest BCUT2D eigenvalue weighted by Crippen LogP contribution is 2.30. The predicted octanol–water partition coefficient (Wildman–Crippen LogP) is 3.49. The van der Waals surface area contributed by atoms with E-state index in [-0.39, 0.29) is 18.3 Å². The van der Waals surface area contributed by atoms with Crippen LogP contribution < -0.4 is 14.8 Å². The number of thiocarbonyl (C=S) groups is 1. The van der Waals surface area contributed by atoms with Gasteiger partial charge in [-0.2, -0.15) is 0 Å². The molecule has 7 heteroatoms. The van der Waals surface area contributed by atoms with Crippen LogP contribution in [0.4, 0.5) is 4.39 Å². The van der Waals surface area contributed by atoms with Crippen molar-refractivity contribution in [3.05, 3.63) is 65.1 Å². The van der Waals surface area contributed by atoms with Crippen LogP contribution in [0.15, 0.2) is 48.2 Å². The molecule has 1 heterocycles. The Balaban J connectivity index is 1.77. The summed E-state index contributed by atoms with van der Waals surface area (Å²) in [6.07, 6.45) is 1.71. The molecule has 1 saturated heterocycles. The zero-order valence-corrected chi connectivity index (χ0v) is 15.8. The highest BCUT2D eigenvalue weighted by atomic mass is 32.1. The van der Waals surface area contributed by atoms with Gasteiger partial charge < -0.3 is 14.8 Å². The molecular weight excluding hydrogens is 367 g/mol. The van der Waals surface area contributed by atoms with Crippen molar-refractivity contribution < 1.29 is 18.7 Å². The number of carbonyl (C=O) groups is 1. The molecule has 27 heavy (non-hydrogen) atoms. The lowest BCUT2D eigenvalue weighted by Crippen LogP contribution is -2.30. The summed E-state index contributed by atoms with van der Waals surface area (Å²) < 4.78 is 24.4. The van der Waals surface area contributed by atoms with Crippen LogP contribution in [-0.2, 0) is 11.4 Å². The molecule has 1 fully saturated rings. The first-order chi connectivity index (χ1) is 13.0. The minimum absolute atomic E-state index is 0.159. The van der Waals surface area contributed by atoms with Crippen molar-refractivity contribution in [1.29, 1.82) is 0 Å². The average molecular weight is 386 g/mol. The fraction of sp³-hybridized carbons (Fsp3) is 0.200. The SMILES string of the molecule is CCN1C(=O)/C(=C/c2ccc(OCc3cccc(F)c3)c(OC)c2)NC1=S. The standard InChI is InChI=1S/C20H19FN2O3S/c1-3-23-19(24)16(22-20(23)27)10-13-7-8-17(18(11-13)25-2)26-12-14-5-4-6-15(21)9-14/h4-11H,3,12H2,1-2H3,(H,22,27)/b16-10-. The van der Waals surface area contributed by atoms with Crippen LogP contribution in [0.1, 0.15) is 18.1 Å². The zero-order chi connectivity index (χ0) is 19.4. The van der Waals surface area contributed by atoms with Gasteiger partial charge in [0.1, 0.15) is 18.1 Å². The first-order valence-electron chi connectivity index (χ1n) is 8.41. The third-order valence-electron chi connectivity index (χ3n) is 4.06. The van der Waals surface area contributed by atoms with E-state index < -0.39 is 0 Å². The summed E-state index contributed by atoms with van der Waals surface area (Å²) in [5.74, 6) is 0.576. The number of likely N-dealkylation sites (N-methyl/N-ethyl adjacent to an activating group) is 1. The van der Waals surface area contributed by atoms with Gasteiger partial charge in [0.25, 0.3) is 5.91 Å². The maximum absolute atomic E-state index is 13.3. The molecule has 140 valence electrons. The fourth-order valence-electron chi connectivity index (χ4n) is 2.71. The van der Waals surface area contributed by atoms with E-state index >= 15 is 0 Å². The van der Waals surface area contributed by atoms with E-state index in [0.29, 0.717) is 28.9 Å². The van der Waals surface area contributed by atoms with E-state index in [2.05, 4.69) is 5.32 Å². The lowest BCUT2D eigenvalue weighted by atomic mass is 10.1. The van der Waals surface area contributed by atoms with Crippen LogP contribution >= 0.6 is 12.2 Å². The minimum atomic E-state index is -0.308. The highest BCUT2D eigenvalue weighted by Gasteiger charge is 2.29. The van der Waals surface area contributed by atoms with Gasteiger partial charge in [-0.15, -0.1) is 0 Å². The first kappa shape index (κ1) is 18.8. The lowest BCUT2D eigenvalue weighted by Gasteiger charge is -2.12. The third-order valence-corrected chi connectivity index (χ3v) is 4.38. The second-order valence-electron chi connectivity index (χ2n) is 5.87. The van der Waals surface area contributed by atoms with Gasteiger partial charge in [-0.3, -0.25) is 9.69 Å². The summed E-state index contributed by atoms with van der Waals surface area (Å²) in [6.45, 7) is 2.59. The number of halogens is 1. The molecule has 0 bridgehead atoms. The molecular formula is C20H19FN2O3S. The number of nitrogens with one attached hydrogen (secondary N) is 1. The lowest BCUT2D eigenvalue weighted by molar-refractivity contribution is -0.122. The van der Waals surface area contributed by atoms with Gasteiger partial charge in [-0.1, -0.05) is 18.2 Å². The van der Waals surface area contributed by atoms with Crippen molar-refractivity contribution in [1.82, 2.24) is 10.2 Å². The highest BCUT2D eigenvalue weighted by molar-refractivity contribution is 7.80. The molecule has 0 saturated carbocycles. The quantitative estimate of drug-likeness (QED) is 0.608. The van der Waals surface area contributed by atoms with Crippen LogP contribution in [0, 0.1) is 5.82 Å². The molecule has 1 aliphatic heterocycles. The van der Waals surface area contributed by atoms with Crippen molar-refractivity contribution in [3.8, 4) is 11.5 Å². The van der Waals surface area contributed by atoms with Gasteiger partial charge in [0, 0.05) is 6.54 Å².